The summed E-state index contributed by atoms with van der Waals surface area (Å²) in [7, 11) is -2.95. The highest BCUT2D eigenvalue weighted by atomic mass is 32.2. The SMILES string of the molecule is C=C[C@@H]1C[C@]1(NC(=O)[C@@H]1C[C@@H](Oc2nccc3ccccc23)CN1C(=O)[C@@H](Nc1ccc(F)c(C(F)(F)F)c1)C(C)(C)C)C(=O)NS(=C)(=O)C1CC1. The summed E-state index contributed by atoms with van der Waals surface area (Å²) >= 11 is 0. The zero-order chi connectivity index (χ0) is 37.8. The molecule has 3 amide bonds. The number of ether oxygens (including phenoxy) is 1. The van der Waals surface area contributed by atoms with E-state index >= 15 is 0 Å². The molecule has 2 heterocycles. The minimum atomic E-state index is -4.98. The van der Waals surface area contributed by atoms with E-state index in [1.165, 1.54) is 11.0 Å². The van der Waals surface area contributed by atoms with E-state index < -0.39 is 80.0 Å². The third kappa shape index (κ3) is 7.46. The van der Waals surface area contributed by atoms with Crippen LogP contribution in [0.2, 0.25) is 0 Å². The van der Waals surface area contributed by atoms with Crippen molar-refractivity contribution in [1.29, 1.82) is 0 Å². The van der Waals surface area contributed by atoms with Crippen LogP contribution in [-0.2, 0) is 30.3 Å². The summed E-state index contributed by atoms with van der Waals surface area (Å²) in [5.41, 5.74) is -4.04. The van der Waals surface area contributed by atoms with E-state index in [4.69, 9.17) is 4.74 Å². The maximum Gasteiger partial charge on any atom is 0.419 e. The van der Waals surface area contributed by atoms with Crippen molar-refractivity contribution in [3.05, 3.63) is 78.8 Å². The molecule has 2 saturated carbocycles. The van der Waals surface area contributed by atoms with Crippen LogP contribution in [0.25, 0.3) is 10.8 Å². The van der Waals surface area contributed by atoms with E-state index in [1.807, 2.05) is 30.3 Å². The maximum absolute atomic E-state index is 14.5. The number of hydrogen-bond acceptors (Lipinski definition) is 7. The van der Waals surface area contributed by atoms with Crippen LogP contribution in [0.1, 0.15) is 52.0 Å². The molecule has 6 atom stereocenters. The first-order valence-electron chi connectivity index (χ1n) is 16.9. The van der Waals surface area contributed by atoms with Crippen molar-refractivity contribution in [3.8, 4) is 5.88 Å². The standard InChI is InChI=1S/C37H41F4N5O5S/c1-6-22-19-36(22,34(49)45-52(5,50)25-12-13-25)44-31(47)29-18-24(51-32-26-10-8-7-9-21(26)15-16-42-32)20-46(29)33(48)30(35(2,3)4)43-23-11-14-28(38)27(17-23)37(39,40)41/h6-11,14-17,22,24-25,29-30,43H,1,5,12-13,18-20H2,2-4H3,(H,44,47)(H,45,49,50)/t22-,24-,29+,30-,36-,52?/m1/s1. The molecule has 3 fully saturated rings. The van der Waals surface area contributed by atoms with Crippen LogP contribution in [0.15, 0.2) is 67.4 Å². The van der Waals surface area contributed by atoms with Gasteiger partial charge in [-0.3, -0.25) is 19.1 Å². The lowest BCUT2D eigenvalue weighted by molar-refractivity contribution is -0.141. The van der Waals surface area contributed by atoms with Crippen molar-refractivity contribution in [2.75, 3.05) is 11.9 Å². The molecule has 1 aromatic heterocycles. The molecule has 3 N–H and O–H groups in total. The van der Waals surface area contributed by atoms with Crippen LogP contribution < -0.4 is 20.1 Å². The van der Waals surface area contributed by atoms with E-state index in [0.29, 0.717) is 30.4 Å². The van der Waals surface area contributed by atoms with Crippen LogP contribution in [0.5, 0.6) is 5.88 Å². The fourth-order valence-corrected chi connectivity index (χ4v) is 8.21. The average molecular weight is 744 g/mol. The van der Waals surface area contributed by atoms with Crippen molar-refractivity contribution < 1.29 is 40.9 Å². The summed E-state index contributed by atoms with van der Waals surface area (Å²) in [6.45, 7) is 8.77. The van der Waals surface area contributed by atoms with E-state index in [2.05, 4.69) is 32.8 Å². The Balaban J connectivity index is 1.31. The van der Waals surface area contributed by atoms with Crippen molar-refractivity contribution >= 4 is 49.8 Å². The Hall–Kier alpha value is -4.66. The quantitative estimate of drug-likeness (QED) is 0.139. The summed E-state index contributed by atoms with van der Waals surface area (Å²) < 4.78 is 76.9. The molecule has 2 aromatic carbocycles. The van der Waals surface area contributed by atoms with Crippen LogP contribution in [0.4, 0.5) is 23.2 Å². The van der Waals surface area contributed by atoms with Gasteiger partial charge in [-0.05, 0) is 66.3 Å². The Morgan fingerprint density at radius 2 is 1.83 bits per heavy atom. The Kier molecular flexibility index (Phi) is 9.56. The Morgan fingerprint density at radius 3 is 2.46 bits per heavy atom. The minimum absolute atomic E-state index is 0.0152. The van der Waals surface area contributed by atoms with E-state index in [1.54, 1.807) is 27.0 Å². The zero-order valence-corrected chi connectivity index (χ0v) is 29.8. The van der Waals surface area contributed by atoms with Crippen LogP contribution in [0.3, 0.4) is 0 Å². The first-order valence-corrected chi connectivity index (χ1v) is 18.7. The molecule has 0 bridgehead atoms. The molecule has 52 heavy (non-hydrogen) atoms. The zero-order valence-electron chi connectivity index (χ0n) is 29.0. The normalized spacial score (nSPS) is 24.8. The lowest BCUT2D eigenvalue weighted by Gasteiger charge is -2.36. The van der Waals surface area contributed by atoms with Crippen molar-refractivity contribution in [3.63, 3.8) is 0 Å². The molecular weight excluding hydrogens is 702 g/mol. The second-order valence-corrected chi connectivity index (χ2v) is 17.1. The first kappa shape index (κ1) is 37.1. The highest BCUT2D eigenvalue weighted by Crippen LogP contribution is 2.46. The predicted molar refractivity (Wildman–Crippen MR) is 190 cm³/mol. The fraction of sp³-hybridized carbons (Fsp3) is 0.432. The highest BCUT2D eigenvalue weighted by molar-refractivity contribution is 7.99. The van der Waals surface area contributed by atoms with Gasteiger partial charge in [0.1, 0.15) is 29.5 Å². The molecule has 1 saturated heterocycles. The van der Waals surface area contributed by atoms with Gasteiger partial charge in [-0.1, -0.05) is 45.0 Å². The number of anilines is 1. The van der Waals surface area contributed by atoms with Gasteiger partial charge in [-0.2, -0.15) is 13.2 Å². The van der Waals surface area contributed by atoms with Crippen LogP contribution >= 0.6 is 0 Å². The third-order valence-corrected chi connectivity index (χ3v) is 11.9. The molecule has 6 rings (SSSR count). The van der Waals surface area contributed by atoms with Gasteiger partial charge in [0.2, 0.25) is 17.7 Å². The number of carbonyl (C=O) groups excluding carboxylic acids is 3. The molecule has 278 valence electrons. The molecule has 10 nitrogen and oxygen atoms in total. The van der Waals surface area contributed by atoms with Crippen LogP contribution in [0, 0.1) is 17.2 Å². The number of aromatic nitrogens is 1. The van der Waals surface area contributed by atoms with Gasteiger partial charge in [0.05, 0.1) is 21.8 Å². The summed E-state index contributed by atoms with van der Waals surface area (Å²) in [4.78, 5) is 48.1. The van der Waals surface area contributed by atoms with Gasteiger partial charge in [-0.25, -0.2) is 13.6 Å². The molecule has 0 radical (unpaired) electrons. The summed E-state index contributed by atoms with van der Waals surface area (Å²) in [5, 5.41) is 7.00. The van der Waals surface area contributed by atoms with Gasteiger partial charge in [0, 0.05) is 34.9 Å². The average Bonchev–Trinajstić information content (AvgIpc) is 4.00. The Morgan fingerprint density at radius 1 is 1.12 bits per heavy atom. The number of halogens is 4. The van der Waals surface area contributed by atoms with Crippen LogP contribution in [-0.4, -0.2) is 73.2 Å². The second kappa shape index (κ2) is 13.4. The number of amides is 3. The number of hydrogen-bond donors (Lipinski definition) is 3. The number of alkyl halides is 3. The smallest absolute Gasteiger partial charge is 0.419 e. The monoisotopic (exact) mass is 743 g/mol. The molecule has 1 unspecified atom stereocenters. The Bertz CT molecular complexity index is 2020. The molecule has 0 spiro atoms. The van der Waals surface area contributed by atoms with Gasteiger partial charge in [0.25, 0.3) is 5.91 Å². The topological polar surface area (TPSA) is 130 Å². The fourth-order valence-electron chi connectivity index (χ4n) is 6.65. The minimum Gasteiger partial charge on any atom is -0.472 e. The summed E-state index contributed by atoms with van der Waals surface area (Å²) in [5.74, 6) is 0.0888. The summed E-state index contributed by atoms with van der Waals surface area (Å²) in [6.07, 6.45) is -1.14. The number of carbonyl (C=O) groups is 3. The van der Waals surface area contributed by atoms with Gasteiger partial charge in [0.15, 0.2) is 0 Å². The summed E-state index contributed by atoms with van der Waals surface area (Å²) in [6, 6.07) is 9.18. The number of benzene rings is 2. The van der Waals surface area contributed by atoms with E-state index in [-0.39, 0.29) is 36.2 Å². The number of rotatable bonds is 11. The van der Waals surface area contributed by atoms with E-state index in [9.17, 15) is 36.2 Å². The number of likely N-dealkylation sites (tertiary alicyclic amines) is 1. The number of nitrogens with zero attached hydrogens (tertiary/aromatic N) is 2. The van der Waals surface area contributed by atoms with Gasteiger partial charge in [-0.15, -0.1) is 6.58 Å². The first-order chi connectivity index (χ1) is 24.3. The predicted octanol–water partition coefficient (Wildman–Crippen LogP) is 5.24. The van der Waals surface area contributed by atoms with E-state index in [0.717, 1.165) is 11.5 Å². The maximum atomic E-state index is 14.5. The second-order valence-electron chi connectivity index (χ2n) is 14.8. The molecule has 3 aromatic rings. The van der Waals surface area contributed by atoms with Gasteiger partial charge < -0.3 is 20.3 Å². The number of pyridine rings is 1. The van der Waals surface area contributed by atoms with Crippen molar-refractivity contribution in [2.24, 2.45) is 11.3 Å². The highest BCUT2D eigenvalue weighted by Gasteiger charge is 2.61. The number of nitrogens with one attached hydrogen (secondary N) is 3. The lowest BCUT2D eigenvalue weighted by Crippen LogP contribution is -2.58. The molecule has 15 heteroatoms. The van der Waals surface area contributed by atoms with Crippen molar-refractivity contribution in [1.82, 2.24) is 19.9 Å². The molecule has 2 aliphatic carbocycles. The van der Waals surface area contributed by atoms with Gasteiger partial charge >= 0.3 is 6.18 Å². The Labute approximate surface area is 299 Å². The largest absolute Gasteiger partial charge is 0.472 e. The molecule has 1 aliphatic heterocycles. The third-order valence-electron chi connectivity index (χ3n) is 9.84. The lowest BCUT2D eigenvalue weighted by atomic mass is 9.85. The number of fused-ring (bicyclic) bond motifs is 1. The van der Waals surface area contributed by atoms with Crippen molar-refractivity contribution in [2.45, 2.75) is 81.6 Å². The molecular formula is C37H41F4N5O5S. The molecule has 3 aliphatic rings.